The molecule has 7 heterocycles. The minimum absolute atomic E-state index is 0.00967. The van der Waals surface area contributed by atoms with Crippen LogP contribution in [0.15, 0.2) is 206 Å². The largest absolute Gasteiger partial charge is 0.309 e. The van der Waals surface area contributed by atoms with Crippen LogP contribution in [0.4, 0.5) is 0 Å². The maximum absolute atomic E-state index is 2.62. The molecule has 7 aromatic heterocycles. The molecule has 5 heteroatoms. The lowest BCUT2D eigenvalue weighted by atomic mass is 9.87. The molecule has 0 aliphatic carbocycles. The van der Waals surface area contributed by atoms with Crippen LogP contribution in [0.1, 0.15) is 26.3 Å². The molecule has 0 fully saturated rings. The zero-order valence-electron chi connectivity index (χ0n) is 41.3. The SMILES string of the molecule is CC(C)(C)c1ccc(-n2c3cc(-c4cc5c6ccccc6n6c7ccccc7c(c4)c56)c4c5ccccc5sc4c3c3c4sc5ccccc5c4c(-c4cc5c6ccccc6n6c7ccccc7c(c4)c56)cc32)cc1. The Bertz CT molecular complexity index is 5030. The van der Waals surface area contributed by atoms with Crippen LogP contribution in [-0.2, 0) is 5.41 Å². The highest BCUT2D eigenvalue weighted by Gasteiger charge is 2.28. The van der Waals surface area contributed by atoms with Gasteiger partial charge < -0.3 is 13.4 Å². The van der Waals surface area contributed by atoms with Crippen LogP contribution in [0, 0.1) is 0 Å². The average molecular weight is 990 g/mol. The second kappa shape index (κ2) is 14.1. The molecule has 0 aliphatic heterocycles. The van der Waals surface area contributed by atoms with E-state index in [9.17, 15) is 0 Å². The molecule has 0 atom stereocenters. The van der Waals surface area contributed by atoms with Crippen LogP contribution < -0.4 is 0 Å². The molecular formula is C70H43N3S2. The van der Waals surface area contributed by atoms with Crippen LogP contribution >= 0.6 is 22.7 Å². The Balaban J connectivity index is 1.04. The number of rotatable bonds is 3. The van der Waals surface area contributed by atoms with Crippen molar-refractivity contribution < 1.29 is 0 Å². The van der Waals surface area contributed by atoms with Gasteiger partial charge in [0.1, 0.15) is 0 Å². The van der Waals surface area contributed by atoms with Gasteiger partial charge in [0.05, 0.1) is 44.1 Å². The number of hydrogen-bond acceptors (Lipinski definition) is 2. The number of aromatic nitrogens is 3. The topological polar surface area (TPSA) is 13.8 Å². The molecule has 18 rings (SSSR count). The first-order chi connectivity index (χ1) is 36.9. The van der Waals surface area contributed by atoms with Gasteiger partial charge in [-0.15, -0.1) is 22.7 Å². The van der Waals surface area contributed by atoms with Crippen molar-refractivity contribution >= 4 is 161 Å². The van der Waals surface area contributed by atoms with E-state index in [1.807, 2.05) is 22.7 Å². The first kappa shape index (κ1) is 40.7. The highest BCUT2D eigenvalue weighted by molar-refractivity contribution is 7.28. The third-order valence-electron chi connectivity index (χ3n) is 17.0. The van der Waals surface area contributed by atoms with E-state index in [-0.39, 0.29) is 5.41 Å². The molecular weight excluding hydrogens is 947 g/mol. The normalized spacial score (nSPS) is 13.0. The Hall–Kier alpha value is -8.74. The van der Waals surface area contributed by atoms with Gasteiger partial charge in [-0.3, -0.25) is 0 Å². The fraction of sp³-hybridized carbons (Fsp3) is 0.0571. The average Bonchev–Trinajstić information content (AvgIpc) is 4.33. The van der Waals surface area contributed by atoms with Crippen molar-refractivity contribution in [1.82, 2.24) is 13.4 Å². The summed E-state index contributed by atoms with van der Waals surface area (Å²) in [5.41, 5.74) is 17.6. The Morgan fingerprint density at radius 2 is 0.667 bits per heavy atom. The van der Waals surface area contributed by atoms with Crippen molar-refractivity contribution in [3.63, 3.8) is 0 Å². The van der Waals surface area contributed by atoms with E-state index < -0.39 is 0 Å². The second-order valence-electron chi connectivity index (χ2n) is 22.0. The van der Waals surface area contributed by atoms with E-state index in [4.69, 9.17) is 0 Å². The lowest BCUT2D eigenvalue weighted by Gasteiger charge is -2.20. The summed E-state index contributed by atoms with van der Waals surface area (Å²) in [6.45, 7) is 6.94. The Kier molecular flexibility index (Phi) is 7.65. The van der Waals surface area contributed by atoms with Gasteiger partial charge >= 0.3 is 0 Å². The first-order valence-electron chi connectivity index (χ1n) is 26.1. The lowest BCUT2D eigenvalue weighted by Crippen LogP contribution is -2.10. The predicted molar refractivity (Wildman–Crippen MR) is 325 cm³/mol. The second-order valence-corrected chi connectivity index (χ2v) is 24.1. The minimum atomic E-state index is 0.00967. The molecule has 11 aromatic carbocycles. The fourth-order valence-electron chi connectivity index (χ4n) is 13.8. The molecule has 0 N–H and O–H groups in total. The van der Waals surface area contributed by atoms with Crippen molar-refractivity contribution in [3.8, 4) is 27.9 Å². The van der Waals surface area contributed by atoms with Crippen molar-refractivity contribution in [2.45, 2.75) is 26.2 Å². The van der Waals surface area contributed by atoms with Crippen LogP contribution in [-0.4, -0.2) is 13.4 Å². The number of thiophene rings is 2. The smallest absolute Gasteiger partial charge is 0.0620 e. The van der Waals surface area contributed by atoms with Crippen LogP contribution in [0.3, 0.4) is 0 Å². The van der Waals surface area contributed by atoms with E-state index in [0.29, 0.717) is 0 Å². The number of nitrogens with zero attached hydrogens (tertiary/aromatic N) is 3. The van der Waals surface area contributed by atoms with E-state index in [0.717, 1.165) is 5.69 Å². The summed E-state index contributed by atoms with van der Waals surface area (Å²) in [6.07, 6.45) is 0. The Morgan fingerprint density at radius 3 is 1.04 bits per heavy atom. The maximum atomic E-state index is 2.62. The molecule has 0 aliphatic rings. The number of fused-ring (bicyclic) bond motifs is 23. The van der Waals surface area contributed by atoms with E-state index in [1.165, 1.54) is 166 Å². The monoisotopic (exact) mass is 989 g/mol. The van der Waals surface area contributed by atoms with Gasteiger partial charge in [-0.25, -0.2) is 0 Å². The number of benzene rings is 11. The van der Waals surface area contributed by atoms with Gasteiger partial charge in [-0.1, -0.05) is 142 Å². The number of hydrogen-bond donors (Lipinski definition) is 0. The quantitative estimate of drug-likeness (QED) is 0.167. The predicted octanol–water partition coefficient (Wildman–Crippen LogP) is 20.5. The van der Waals surface area contributed by atoms with Crippen LogP contribution in [0.2, 0.25) is 0 Å². The summed E-state index contributed by atoms with van der Waals surface area (Å²) in [4.78, 5) is 0. The molecule has 0 bridgehead atoms. The highest BCUT2D eigenvalue weighted by atomic mass is 32.1. The summed E-state index contributed by atoms with van der Waals surface area (Å²) in [7, 11) is 0. The molecule has 0 saturated heterocycles. The summed E-state index contributed by atoms with van der Waals surface area (Å²) in [5, 5.41) is 18.2. The van der Waals surface area contributed by atoms with E-state index >= 15 is 0 Å². The van der Waals surface area contributed by atoms with Crippen LogP contribution in [0.25, 0.3) is 166 Å². The van der Waals surface area contributed by atoms with Gasteiger partial charge in [0.15, 0.2) is 0 Å². The molecule has 18 aromatic rings. The highest BCUT2D eigenvalue weighted by Crippen LogP contribution is 2.54. The van der Waals surface area contributed by atoms with Gasteiger partial charge in [0.25, 0.3) is 0 Å². The molecule has 0 spiro atoms. The van der Waals surface area contributed by atoms with Crippen LogP contribution in [0.5, 0.6) is 0 Å². The third-order valence-corrected chi connectivity index (χ3v) is 19.4. The molecule has 0 radical (unpaired) electrons. The van der Waals surface area contributed by atoms with Crippen molar-refractivity contribution in [2.75, 3.05) is 0 Å². The van der Waals surface area contributed by atoms with Crippen molar-refractivity contribution in [2.24, 2.45) is 0 Å². The summed E-state index contributed by atoms with van der Waals surface area (Å²) in [6, 6.07) is 78.7. The molecule has 350 valence electrons. The minimum Gasteiger partial charge on any atom is -0.309 e. The third kappa shape index (κ3) is 5.15. The lowest BCUT2D eigenvalue weighted by molar-refractivity contribution is 0.590. The van der Waals surface area contributed by atoms with Gasteiger partial charge in [0, 0.05) is 99.9 Å². The summed E-state index contributed by atoms with van der Waals surface area (Å²) < 4.78 is 12.9. The molecule has 0 unspecified atom stereocenters. The van der Waals surface area contributed by atoms with Crippen molar-refractivity contribution in [1.29, 1.82) is 0 Å². The summed E-state index contributed by atoms with van der Waals surface area (Å²) >= 11 is 3.91. The zero-order chi connectivity index (χ0) is 49.2. The molecule has 0 saturated carbocycles. The molecule has 75 heavy (non-hydrogen) atoms. The van der Waals surface area contributed by atoms with E-state index in [2.05, 4.69) is 240 Å². The molecule has 3 nitrogen and oxygen atoms in total. The van der Waals surface area contributed by atoms with Gasteiger partial charge in [0.2, 0.25) is 0 Å². The van der Waals surface area contributed by atoms with E-state index in [1.54, 1.807) is 0 Å². The van der Waals surface area contributed by atoms with Gasteiger partial charge in [-0.05, 0) is 118 Å². The van der Waals surface area contributed by atoms with Crippen molar-refractivity contribution in [3.05, 3.63) is 212 Å². The van der Waals surface area contributed by atoms with Gasteiger partial charge in [-0.2, -0.15) is 0 Å². The zero-order valence-corrected chi connectivity index (χ0v) is 42.9. The maximum Gasteiger partial charge on any atom is 0.0620 e. The Morgan fingerprint density at radius 1 is 0.320 bits per heavy atom. The number of para-hydroxylation sites is 4. The Labute approximate surface area is 437 Å². The summed E-state index contributed by atoms with van der Waals surface area (Å²) in [5.74, 6) is 0. The standard InChI is InChI=1S/C70H43N3S2/c1-70(2,3)40-28-30-41(31-29-40)71-58-36-48(38-32-50-42-16-4-10-22-54(42)72-55-23-11-5-17-43(55)51(33-38)66(50)72)62-46-20-8-14-26-60(46)74-68(62)64(58)65-59(71)37-49(63-47-21-9-15-27-61(47)75-69(63)65)39-34-52-44-18-6-12-24-56(44)73-57-25-13-7-19-45(57)53(35-39)67(52)73/h4-37H,1-3H3. The fourth-order valence-corrected chi connectivity index (χ4v) is 16.3. The first-order valence-corrected chi connectivity index (χ1v) is 27.7. The molecule has 0 amide bonds.